The van der Waals surface area contributed by atoms with Gasteiger partial charge in [0.05, 0.1) is 4.90 Å². The Morgan fingerprint density at radius 2 is 1.67 bits per heavy atom. The van der Waals surface area contributed by atoms with Crippen molar-refractivity contribution < 1.29 is 8.42 Å². The van der Waals surface area contributed by atoms with Crippen molar-refractivity contribution in [3.05, 3.63) is 29.8 Å². The molecule has 0 bridgehead atoms. The lowest BCUT2D eigenvalue weighted by atomic mass is 9.80. The Morgan fingerprint density at radius 3 is 2.14 bits per heavy atom. The predicted molar refractivity (Wildman–Crippen MR) is 87.0 cm³/mol. The van der Waals surface area contributed by atoms with E-state index in [4.69, 9.17) is 0 Å². The zero-order valence-corrected chi connectivity index (χ0v) is 14.1. The molecule has 0 radical (unpaired) electrons. The SMILES string of the molecule is CC(C)C1CCC(NCc2ccc(S(C)(=O)=O)cc2)CC1. The van der Waals surface area contributed by atoms with Crippen LogP contribution >= 0.6 is 0 Å². The Balaban J connectivity index is 1.82. The van der Waals surface area contributed by atoms with Crippen LogP contribution in [0.15, 0.2) is 29.2 Å². The van der Waals surface area contributed by atoms with Gasteiger partial charge in [-0.1, -0.05) is 26.0 Å². The molecule has 1 aliphatic carbocycles. The Bertz CT molecular complexity index is 541. The molecule has 1 aliphatic rings. The van der Waals surface area contributed by atoms with Crippen LogP contribution < -0.4 is 5.32 Å². The second-order valence-corrected chi connectivity index (χ2v) is 8.67. The fourth-order valence-corrected chi connectivity index (χ4v) is 3.74. The molecule has 0 amide bonds. The molecule has 0 spiro atoms. The minimum Gasteiger partial charge on any atom is -0.310 e. The summed E-state index contributed by atoms with van der Waals surface area (Å²) in [5.41, 5.74) is 1.15. The molecular weight excluding hydrogens is 282 g/mol. The number of nitrogens with one attached hydrogen (secondary N) is 1. The Morgan fingerprint density at radius 1 is 1.10 bits per heavy atom. The summed E-state index contributed by atoms with van der Waals surface area (Å²) < 4.78 is 22.8. The van der Waals surface area contributed by atoms with Crippen molar-refractivity contribution in [1.82, 2.24) is 5.32 Å². The van der Waals surface area contributed by atoms with E-state index in [0.717, 1.165) is 23.9 Å². The maximum absolute atomic E-state index is 11.4. The fraction of sp³-hybridized carbons (Fsp3) is 0.647. The summed E-state index contributed by atoms with van der Waals surface area (Å²) >= 11 is 0. The van der Waals surface area contributed by atoms with Gasteiger partial charge in [-0.2, -0.15) is 0 Å². The molecule has 1 N–H and O–H groups in total. The second-order valence-electron chi connectivity index (χ2n) is 6.65. The lowest BCUT2D eigenvalue weighted by Crippen LogP contribution is -2.33. The lowest BCUT2D eigenvalue weighted by Gasteiger charge is -2.31. The highest BCUT2D eigenvalue weighted by Crippen LogP contribution is 2.29. The molecule has 2 rings (SSSR count). The maximum Gasteiger partial charge on any atom is 0.175 e. The van der Waals surface area contributed by atoms with E-state index in [9.17, 15) is 8.42 Å². The molecule has 1 aromatic rings. The van der Waals surface area contributed by atoms with Crippen molar-refractivity contribution in [3.8, 4) is 0 Å². The van der Waals surface area contributed by atoms with E-state index in [1.54, 1.807) is 12.1 Å². The van der Waals surface area contributed by atoms with Gasteiger partial charge < -0.3 is 5.32 Å². The van der Waals surface area contributed by atoms with Gasteiger partial charge in [0.25, 0.3) is 0 Å². The topological polar surface area (TPSA) is 46.2 Å². The Kier molecular flexibility index (Phi) is 5.44. The Hall–Kier alpha value is -0.870. The van der Waals surface area contributed by atoms with Gasteiger partial charge in [-0.3, -0.25) is 0 Å². The van der Waals surface area contributed by atoms with E-state index >= 15 is 0 Å². The van der Waals surface area contributed by atoms with Gasteiger partial charge in [0.2, 0.25) is 0 Å². The van der Waals surface area contributed by atoms with Crippen LogP contribution in [0.25, 0.3) is 0 Å². The molecule has 0 saturated heterocycles. The van der Waals surface area contributed by atoms with Crippen LogP contribution in [0.2, 0.25) is 0 Å². The summed E-state index contributed by atoms with van der Waals surface area (Å²) in [6.45, 7) is 5.46. The average Bonchev–Trinajstić information content (AvgIpc) is 2.45. The molecule has 0 aliphatic heterocycles. The standard InChI is InChI=1S/C17H27NO2S/c1-13(2)15-6-8-16(9-7-15)18-12-14-4-10-17(11-5-14)21(3,19)20/h4-5,10-11,13,15-16,18H,6-9,12H2,1-3H3. The molecule has 0 heterocycles. The normalized spacial score (nSPS) is 23.4. The fourth-order valence-electron chi connectivity index (χ4n) is 3.11. The molecular formula is C17H27NO2S. The maximum atomic E-state index is 11.4. The van der Waals surface area contributed by atoms with Crippen molar-refractivity contribution in [2.24, 2.45) is 11.8 Å². The number of hydrogen-bond acceptors (Lipinski definition) is 3. The summed E-state index contributed by atoms with van der Waals surface area (Å²) in [6.07, 6.45) is 6.40. The van der Waals surface area contributed by atoms with Crippen molar-refractivity contribution >= 4 is 9.84 Å². The van der Waals surface area contributed by atoms with Crippen molar-refractivity contribution in [1.29, 1.82) is 0 Å². The first kappa shape index (κ1) is 16.5. The van der Waals surface area contributed by atoms with Gasteiger partial charge in [-0.25, -0.2) is 8.42 Å². The summed E-state index contributed by atoms with van der Waals surface area (Å²) in [7, 11) is -3.09. The van der Waals surface area contributed by atoms with Crippen LogP contribution in [0, 0.1) is 11.8 Å². The van der Waals surface area contributed by atoms with E-state index in [2.05, 4.69) is 19.2 Å². The molecule has 0 atom stereocenters. The summed E-state index contributed by atoms with van der Waals surface area (Å²) in [4.78, 5) is 0.392. The van der Waals surface area contributed by atoms with Crippen LogP contribution in [0.4, 0.5) is 0 Å². The van der Waals surface area contributed by atoms with E-state index in [-0.39, 0.29) is 0 Å². The summed E-state index contributed by atoms with van der Waals surface area (Å²) in [5, 5.41) is 3.61. The van der Waals surface area contributed by atoms with Crippen molar-refractivity contribution in [2.45, 2.75) is 57.0 Å². The molecule has 3 nitrogen and oxygen atoms in total. The first-order chi connectivity index (χ1) is 9.86. The molecule has 1 saturated carbocycles. The third-order valence-corrected chi connectivity index (χ3v) is 5.79. The van der Waals surface area contributed by atoms with E-state index in [1.807, 2.05) is 12.1 Å². The number of rotatable bonds is 5. The third-order valence-electron chi connectivity index (χ3n) is 4.66. The quantitative estimate of drug-likeness (QED) is 0.907. The highest BCUT2D eigenvalue weighted by molar-refractivity contribution is 7.90. The minimum absolute atomic E-state index is 0.392. The van der Waals surface area contributed by atoms with E-state index in [1.165, 1.54) is 31.9 Å². The third kappa shape index (κ3) is 4.82. The first-order valence-corrected chi connectivity index (χ1v) is 9.78. The molecule has 0 unspecified atom stereocenters. The smallest absolute Gasteiger partial charge is 0.175 e. The zero-order valence-electron chi connectivity index (χ0n) is 13.3. The molecule has 1 aromatic carbocycles. The van der Waals surface area contributed by atoms with Gasteiger partial charge in [-0.05, 0) is 55.2 Å². The van der Waals surface area contributed by atoms with Crippen LogP contribution in [0.1, 0.15) is 45.1 Å². The highest BCUT2D eigenvalue weighted by Gasteiger charge is 2.22. The zero-order chi connectivity index (χ0) is 15.5. The van der Waals surface area contributed by atoms with Gasteiger partial charge >= 0.3 is 0 Å². The molecule has 1 fully saturated rings. The molecule has 0 aromatic heterocycles. The van der Waals surface area contributed by atoms with Gasteiger partial charge in [0, 0.05) is 18.8 Å². The Labute approximate surface area is 129 Å². The highest BCUT2D eigenvalue weighted by atomic mass is 32.2. The van der Waals surface area contributed by atoms with Crippen molar-refractivity contribution in [3.63, 3.8) is 0 Å². The first-order valence-electron chi connectivity index (χ1n) is 7.88. The molecule has 4 heteroatoms. The number of sulfone groups is 1. The van der Waals surface area contributed by atoms with Crippen LogP contribution in [0.5, 0.6) is 0 Å². The van der Waals surface area contributed by atoms with Gasteiger partial charge in [0.1, 0.15) is 0 Å². The lowest BCUT2D eigenvalue weighted by molar-refractivity contribution is 0.238. The van der Waals surface area contributed by atoms with Crippen LogP contribution in [-0.4, -0.2) is 20.7 Å². The molecule has 21 heavy (non-hydrogen) atoms. The number of hydrogen-bond donors (Lipinski definition) is 1. The predicted octanol–water partition coefficient (Wildman–Crippen LogP) is 3.39. The summed E-state index contributed by atoms with van der Waals surface area (Å²) in [5.74, 6) is 1.69. The monoisotopic (exact) mass is 309 g/mol. The van der Waals surface area contributed by atoms with E-state index in [0.29, 0.717) is 10.9 Å². The minimum atomic E-state index is -3.09. The van der Waals surface area contributed by atoms with Crippen molar-refractivity contribution in [2.75, 3.05) is 6.26 Å². The van der Waals surface area contributed by atoms with Crippen LogP contribution in [0.3, 0.4) is 0 Å². The van der Waals surface area contributed by atoms with Gasteiger partial charge in [-0.15, -0.1) is 0 Å². The second kappa shape index (κ2) is 6.93. The van der Waals surface area contributed by atoms with E-state index < -0.39 is 9.84 Å². The van der Waals surface area contributed by atoms with Crippen LogP contribution in [-0.2, 0) is 16.4 Å². The number of benzene rings is 1. The summed E-state index contributed by atoms with van der Waals surface area (Å²) in [6, 6.07) is 7.81. The average molecular weight is 309 g/mol. The molecule has 118 valence electrons. The largest absolute Gasteiger partial charge is 0.310 e. The van der Waals surface area contributed by atoms with Gasteiger partial charge in [0.15, 0.2) is 9.84 Å².